The van der Waals surface area contributed by atoms with Crippen LogP contribution < -0.4 is 14.2 Å². The zero-order valence-electron chi connectivity index (χ0n) is 17.6. The molecular formula is C19H15IN4O9S2. The van der Waals surface area contributed by atoms with E-state index in [1.54, 1.807) is 6.07 Å². The molecule has 13 nitrogen and oxygen atoms in total. The van der Waals surface area contributed by atoms with E-state index in [1.165, 1.54) is 19.4 Å². The smallest absolute Gasteiger partial charge is 0.339 e. The van der Waals surface area contributed by atoms with Crippen LogP contribution in [0.15, 0.2) is 51.5 Å². The maximum absolute atomic E-state index is 12.7. The molecule has 1 saturated heterocycles. The number of hydrogen-bond donors (Lipinski definition) is 2. The SMILES string of the molecule is COc1cc(/C=N/N=C2\NC(=O)C(CC(=O)O)S2)cc(I)c1OS(=O)(=O)c1ccc([N+](=O)[O-])cc1. The quantitative estimate of drug-likeness (QED) is 0.136. The zero-order valence-corrected chi connectivity index (χ0v) is 21.4. The molecule has 0 spiro atoms. The van der Waals surface area contributed by atoms with Gasteiger partial charge >= 0.3 is 16.1 Å². The third-order valence-corrected chi connectivity index (χ3v) is 7.38. The first-order valence-corrected chi connectivity index (χ1v) is 12.7. The molecule has 0 aliphatic carbocycles. The lowest BCUT2D eigenvalue weighted by molar-refractivity contribution is -0.384. The fourth-order valence-corrected chi connectivity index (χ4v) is 5.44. The second-order valence-electron chi connectivity index (χ2n) is 6.67. The molecule has 1 amide bonds. The molecular weight excluding hydrogens is 619 g/mol. The number of methoxy groups -OCH3 is 1. The molecule has 0 bridgehead atoms. The van der Waals surface area contributed by atoms with Crippen molar-refractivity contribution in [3.63, 3.8) is 0 Å². The number of amides is 1. The van der Waals surface area contributed by atoms with Gasteiger partial charge in [-0.3, -0.25) is 19.7 Å². The number of carboxylic acids is 1. The molecule has 0 radical (unpaired) electrons. The van der Waals surface area contributed by atoms with Crippen LogP contribution in [0.1, 0.15) is 12.0 Å². The van der Waals surface area contributed by atoms with E-state index in [9.17, 15) is 28.1 Å². The third kappa shape index (κ3) is 6.67. The highest BCUT2D eigenvalue weighted by atomic mass is 127. The average Bonchev–Trinajstić information content (AvgIpc) is 3.13. The number of carboxylic acid groups (broad SMARTS) is 1. The molecule has 2 N–H and O–H groups in total. The number of aliphatic carboxylic acids is 1. The van der Waals surface area contributed by atoms with Gasteiger partial charge < -0.3 is 19.3 Å². The summed E-state index contributed by atoms with van der Waals surface area (Å²) in [5.74, 6) is -1.60. The Labute approximate surface area is 216 Å². The average molecular weight is 634 g/mol. The standard InChI is InChI=1S/C19H15IN4O9S2/c1-32-14-7-10(9-21-23-19-22-18(27)15(34-19)8-16(25)26)6-13(20)17(14)33-35(30,31)12-4-2-11(3-5-12)24(28)29/h2-7,9,15H,8H2,1H3,(H,25,26)(H,22,23,27)/b21-9+. The van der Waals surface area contributed by atoms with Gasteiger partial charge in [-0.1, -0.05) is 11.8 Å². The minimum atomic E-state index is -4.32. The van der Waals surface area contributed by atoms with Crippen LogP contribution in [0.5, 0.6) is 11.5 Å². The Bertz CT molecular complexity index is 1340. The van der Waals surface area contributed by atoms with Gasteiger partial charge in [-0.25, -0.2) is 0 Å². The summed E-state index contributed by atoms with van der Waals surface area (Å²) in [6.45, 7) is 0. The summed E-state index contributed by atoms with van der Waals surface area (Å²) < 4.78 is 36.2. The number of nitro groups is 1. The summed E-state index contributed by atoms with van der Waals surface area (Å²) in [6.07, 6.45) is 0.975. The molecule has 1 aliphatic heterocycles. The van der Waals surface area contributed by atoms with Gasteiger partial charge in [-0.2, -0.15) is 13.5 Å². The summed E-state index contributed by atoms with van der Waals surface area (Å²) in [5, 5.41) is 29.1. The van der Waals surface area contributed by atoms with E-state index in [2.05, 4.69) is 15.5 Å². The minimum Gasteiger partial charge on any atom is -0.493 e. The van der Waals surface area contributed by atoms with Gasteiger partial charge in [-0.05, 0) is 52.4 Å². The Balaban J connectivity index is 1.79. The molecule has 2 aromatic rings. The van der Waals surface area contributed by atoms with E-state index in [0.717, 1.165) is 36.0 Å². The van der Waals surface area contributed by atoms with Gasteiger partial charge in [0.2, 0.25) is 5.91 Å². The van der Waals surface area contributed by atoms with E-state index in [0.29, 0.717) is 9.13 Å². The molecule has 1 aliphatic rings. The van der Waals surface area contributed by atoms with Crippen LogP contribution >= 0.6 is 34.4 Å². The summed E-state index contributed by atoms with van der Waals surface area (Å²) >= 11 is 2.79. The van der Waals surface area contributed by atoms with Crippen molar-refractivity contribution in [1.82, 2.24) is 5.32 Å². The van der Waals surface area contributed by atoms with Crippen molar-refractivity contribution in [2.45, 2.75) is 16.6 Å². The molecule has 2 aromatic carbocycles. The normalized spacial score (nSPS) is 16.9. The number of thioether (sulfide) groups is 1. The fourth-order valence-electron chi connectivity index (χ4n) is 2.68. The van der Waals surface area contributed by atoms with Crippen molar-refractivity contribution in [3.8, 4) is 11.5 Å². The Morgan fingerprint density at radius 1 is 1.34 bits per heavy atom. The van der Waals surface area contributed by atoms with Crippen LogP contribution in [0.4, 0.5) is 5.69 Å². The maximum Gasteiger partial charge on any atom is 0.339 e. The minimum absolute atomic E-state index is 0.0709. The summed E-state index contributed by atoms with van der Waals surface area (Å²) in [7, 11) is -3.01. The van der Waals surface area contributed by atoms with Crippen molar-refractivity contribution in [2.24, 2.45) is 10.2 Å². The Kier molecular flexibility index (Phi) is 8.28. The molecule has 1 atom stereocenters. The Morgan fingerprint density at radius 2 is 2.03 bits per heavy atom. The zero-order chi connectivity index (χ0) is 25.8. The molecule has 1 unspecified atom stereocenters. The number of amidine groups is 1. The maximum atomic E-state index is 12.7. The number of nitrogens with one attached hydrogen (secondary N) is 1. The van der Waals surface area contributed by atoms with Crippen molar-refractivity contribution in [3.05, 3.63) is 55.6 Å². The van der Waals surface area contributed by atoms with E-state index < -0.39 is 32.2 Å². The highest BCUT2D eigenvalue weighted by Gasteiger charge is 2.32. The first-order chi connectivity index (χ1) is 16.5. The number of ether oxygens (including phenoxy) is 1. The van der Waals surface area contributed by atoms with Crippen LogP contribution in [0.2, 0.25) is 0 Å². The first-order valence-electron chi connectivity index (χ1n) is 9.37. The van der Waals surface area contributed by atoms with Crippen molar-refractivity contribution < 1.29 is 37.0 Å². The number of benzene rings is 2. The number of halogens is 1. The van der Waals surface area contributed by atoms with Crippen molar-refractivity contribution in [2.75, 3.05) is 7.11 Å². The molecule has 0 aromatic heterocycles. The molecule has 16 heteroatoms. The highest BCUT2D eigenvalue weighted by Crippen LogP contribution is 2.36. The molecule has 0 saturated carbocycles. The number of carbonyl (C=O) groups excluding carboxylic acids is 1. The monoisotopic (exact) mass is 634 g/mol. The lowest BCUT2D eigenvalue weighted by atomic mass is 10.2. The number of hydrogen-bond acceptors (Lipinski definition) is 11. The van der Waals surface area contributed by atoms with Crippen molar-refractivity contribution >= 4 is 73.4 Å². The summed E-state index contributed by atoms with van der Waals surface area (Å²) in [4.78, 5) is 32.4. The van der Waals surface area contributed by atoms with E-state index >= 15 is 0 Å². The number of nitro benzene ring substituents is 1. The van der Waals surface area contributed by atoms with Gasteiger partial charge in [0.15, 0.2) is 16.7 Å². The number of carbonyl (C=O) groups is 2. The van der Waals surface area contributed by atoms with Crippen LogP contribution in [-0.2, 0) is 19.7 Å². The van der Waals surface area contributed by atoms with Crippen LogP contribution in [0, 0.1) is 13.7 Å². The fraction of sp³-hybridized carbons (Fsp3) is 0.158. The molecule has 35 heavy (non-hydrogen) atoms. The van der Waals surface area contributed by atoms with Gasteiger partial charge in [0.1, 0.15) is 10.1 Å². The topological polar surface area (TPSA) is 187 Å². The van der Waals surface area contributed by atoms with Crippen LogP contribution in [-0.4, -0.2) is 54.1 Å². The Morgan fingerprint density at radius 3 is 2.63 bits per heavy atom. The lowest BCUT2D eigenvalue weighted by Gasteiger charge is -2.13. The molecule has 184 valence electrons. The first kappa shape index (κ1) is 26.4. The molecule has 1 heterocycles. The van der Waals surface area contributed by atoms with E-state index in [1.807, 2.05) is 22.6 Å². The third-order valence-electron chi connectivity index (χ3n) is 4.27. The van der Waals surface area contributed by atoms with E-state index in [-0.39, 0.29) is 33.7 Å². The van der Waals surface area contributed by atoms with Gasteiger partial charge in [0, 0.05) is 12.1 Å². The number of rotatable bonds is 9. The van der Waals surface area contributed by atoms with Crippen LogP contribution in [0.3, 0.4) is 0 Å². The van der Waals surface area contributed by atoms with Gasteiger partial charge in [0.05, 0.1) is 28.2 Å². The highest BCUT2D eigenvalue weighted by molar-refractivity contribution is 14.1. The summed E-state index contributed by atoms with van der Waals surface area (Å²) in [5.41, 5.74) is 0.198. The number of nitrogens with zero attached hydrogens (tertiary/aromatic N) is 3. The predicted octanol–water partition coefficient (Wildman–Crippen LogP) is 2.37. The second kappa shape index (κ2) is 11.0. The predicted molar refractivity (Wildman–Crippen MR) is 133 cm³/mol. The van der Waals surface area contributed by atoms with Gasteiger partial charge in [-0.15, -0.1) is 5.10 Å². The Hall–Kier alpha value is -3.25. The molecule has 3 rings (SSSR count). The largest absolute Gasteiger partial charge is 0.493 e. The lowest BCUT2D eigenvalue weighted by Crippen LogP contribution is -2.26. The van der Waals surface area contributed by atoms with Gasteiger partial charge in [0.25, 0.3) is 5.69 Å². The number of non-ortho nitro benzene ring substituents is 1. The molecule has 1 fully saturated rings. The second-order valence-corrected chi connectivity index (χ2v) is 10.6. The van der Waals surface area contributed by atoms with Crippen molar-refractivity contribution in [1.29, 1.82) is 0 Å². The van der Waals surface area contributed by atoms with Crippen LogP contribution in [0.25, 0.3) is 0 Å². The summed E-state index contributed by atoms with van der Waals surface area (Å²) in [6, 6.07) is 7.21. The van der Waals surface area contributed by atoms with E-state index in [4.69, 9.17) is 14.0 Å².